The van der Waals surface area contributed by atoms with Gasteiger partial charge >= 0.3 is 6.09 Å². The first-order valence-corrected chi connectivity index (χ1v) is 13.5. The van der Waals surface area contributed by atoms with E-state index in [1.54, 1.807) is 11.0 Å². The molecule has 3 rings (SSSR count). The first-order valence-electron chi connectivity index (χ1n) is 13.5. The number of benzene rings is 1. The van der Waals surface area contributed by atoms with Crippen molar-refractivity contribution in [3.8, 4) is 0 Å². The smallest absolute Gasteiger partial charge is 0.410 e. The Morgan fingerprint density at radius 2 is 1.73 bits per heavy atom. The molecule has 2 amide bonds. The Kier molecular flexibility index (Phi) is 10.4. The second kappa shape index (κ2) is 13.2. The number of hydrogen-bond donors (Lipinski definition) is 1. The summed E-state index contributed by atoms with van der Waals surface area (Å²) in [5, 5.41) is 3.13. The SMILES string of the molecule is C=CC[C@]1(NC(=O)C=C)CCCN(C(=O)OC(C)(C)C)[C@H]1COC1CCC(OCc2ccccc2)CC1. The number of piperidine rings is 1. The van der Waals surface area contributed by atoms with Crippen LogP contribution in [0.15, 0.2) is 55.6 Å². The summed E-state index contributed by atoms with van der Waals surface area (Å²) in [4.78, 5) is 27.4. The van der Waals surface area contributed by atoms with Crippen molar-refractivity contribution in [2.75, 3.05) is 13.2 Å². The summed E-state index contributed by atoms with van der Waals surface area (Å²) in [5.74, 6) is -0.269. The van der Waals surface area contributed by atoms with Gasteiger partial charge in [0.05, 0.1) is 37.0 Å². The van der Waals surface area contributed by atoms with Crippen molar-refractivity contribution >= 4 is 12.0 Å². The Hall–Kier alpha value is -2.64. The van der Waals surface area contributed by atoms with Crippen LogP contribution in [-0.4, -0.2) is 59.4 Å². The molecule has 1 heterocycles. The second-order valence-corrected chi connectivity index (χ2v) is 11.2. The van der Waals surface area contributed by atoms with E-state index in [1.807, 2.05) is 39.0 Å². The monoisotopic (exact) mass is 512 g/mol. The molecule has 37 heavy (non-hydrogen) atoms. The first-order chi connectivity index (χ1) is 17.7. The molecule has 1 aliphatic heterocycles. The lowest BCUT2D eigenvalue weighted by Gasteiger charge is -2.50. The van der Waals surface area contributed by atoms with Gasteiger partial charge in [0, 0.05) is 6.54 Å². The molecule has 1 aliphatic carbocycles. The van der Waals surface area contributed by atoms with E-state index in [0.717, 1.165) is 32.1 Å². The van der Waals surface area contributed by atoms with Gasteiger partial charge in [-0.3, -0.25) is 4.79 Å². The van der Waals surface area contributed by atoms with Crippen molar-refractivity contribution < 1.29 is 23.8 Å². The van der Waals surface area contributed by atoms with E-state index in [2.05, 4.69) is 30.6 Å². The van der Waals surface area contributed by atoms with Crippen LogP contribution in [0.25, 0.3) is 0 Å². The van der Waals surface area contributed by atoms with Crippen LogP contribution >= 0.6 is 0 Å². The molecule has 1 saturated heterocycles. The maximum absolute atomic E-state index is 13.2. The Morgan fingerprint density at radius 3 is 2.32 bits per heavy atom. The number of amides is 2. The molecule has 1 N–H and O–H groups in total. The predicted octanol–water partition coefficient (Wildman–Crippen LogP) is 5.55. The van der Waals surface area contributed by atoms with Crippen LogP contribution in [0.4, 0.5) is 4.79 Å². The van der Waals surface area contributed by atoms with Gasteiger partial charge in [0.15, 0.2) is 0 Å². The number of rotatable bonds is 10. The Balaban J connectivity index is 1.66. The minimum Gasteiger partial charge on any atom is -0.444 e. The number of ether oxygens (including phenoxy) is 3. The maximum atomic E-state index is 13.2. The molecule has 0 spiro atoms. The largest absolute Gasteiger partial charge is 0.444 e. The van der Waals surface area contributed by atoms with Gasteiger partial charge in [-0.25, -0.2) is 4.79 Å². The molecule has 0 unspecified atom stereocenters. The van der Waals surface area contributed by atoms with E-state index < -0.39 is 11.1 Å². The molecule has 7 nitrogen and oxygen atoms in total. The highest BCUT2D eigenvalue weighted by Crippen LogP contribution is 2.34. The van der Waals surface area contributed by atoms with Gasteiger partial charge in [-0.1, -0.05) is 43.0 Å². The number of carbonyl (C=O) groups is 2. The quantitative estimate of drug-likeness (QED) is 0.329. The molecule has 2 aliphatic rings. The van der Waals surface area contributed by atoms with Gasteiger partial charge in [-0.05, 0) is 77.4 Å². The molecule has 2 atom stereocenters. The van der Waals surface area contributed by atoms with Crippen LogP contribution in [0.5, 0.6) is 0 Å². The molecule has 0 radical (unpaired) electrons. The van der Waals surface area contributed by atoms with Gasteiger partial charge in [-0.2, -0.15) is 0 Å². The highest BCUT2D eigenvalue weighted by molar-refractivity contribution is 5.87. The van der Waals surface area contributed by atoms with Crippen LogP contribution in [0, 0.1) is 0 Å². The third kappa shape index (κ3) is 8.44. The molecule has 7 heteroatoms. The van der Waals surface area contributed by atoms with Crippen molar-refractivity contribution in [2.24, 2.45) is 0 Å². The van der Waals surface area contributed by atoms with Crippen LogP contribution < -0.4 is 5.32 Å². The summed E-state index contributed by atoms with van der Waals surface area (Å²) in [6, 6.07) is 9.84. The standard InChI is InChI=1S/C30H44N2O5/c1-6-18-30(31-27(33)7-2)19-11-20-32(28(34)37-29(3,4)5)26(30)22-36-25-16-14-24(15-17-25)35-21-23-12-9-8-10-13-23/h6-10,12-13,24-26H,1-2,11,14-22H2,3-5H3,(H,31,33)/t24?,25?,26-,30-/m0/s1. The Bertz CT molecular complexity index is 904. The Labute approximate surface area is 222 Å². The lowest BCUT2D eigenvalue weighted by atomic mass is 9.78. The van der Waals surface area contributed by atoms with Crippen molar-refractivity contribution in [1.82, 2.24) is 10.2 Å². The third-order valence-corrected chi connectivity index (χ3v) is 7.17. The molecular weight excluding hydrogens is 468 g/mol. The van der Waals surface area contributed by atoms with Gasteiger partial charge < -0.3 is 24.4 Å². The number of hydrogen-bond acceptors (Lipinski definition) is 5. The van der Waals surface area contributed by atoms with Gasteiger partial charge in [0.25, 0.3) is 0 Å². The normalized spacial score (nSPS) is 26.2. The summed E-state index contributed by atoms with van der Waals surface area (Å²) in [5.41, 5.74) is -0.137. The minimum absolute atomic E-state index is 0.0792. The Morgan fingerprint density at radius 1 is 1.08 bits per heavy atom. The highest BCUT2D eigenvalue weighted by atomic mass is 16.6. The summed E-state index contributed by atoms with van der Waals surface area (Å²) >= 11 is 0. The topological polar surface area (TPSA) is 77.1 Å². The van der Waals surface area contributed by atoms with E-state index in [1.165, 1.54) is 11.6 Å². The summed E-state index contributed by atoms with van der Waals surface area (Å²) < 4.78 is 18.3. The van der Waals surface area contributed by atoms with Gasteiger partial charge in [-0.15, -0.1) is 6.58 Å². The summed E-state index contributed by atoms with van der Waals surface area (Å²) in [6.07, 6.45) is 8.60. The molecule has 1 saturated carbocycles. The third-order valence-electron chi connectivity index (χ3n) is 7.17. The zero-order valence-electron chi connectivity index (χ0n) is 22.7. The zero-order chi connectivity index (χ0) is 26.9. The summed E-state index contributed by atoms with van der Waals surface area (Å²) in [7, 11) is 0. The van der Waals surface area contributed by atoms with E-state index in [4.69, 9.17) is 14.2 Å². The van der Waals surface area contributed by atoms with E-state index >= 15 is 0 Å². The fourth-order valence-electron chi connectivity index (χ4n) is 5.34. The fourth-order valence-corrected chi connectivity index (χ4v) is 5.34. The molecule has 1 aromatic carbocycles. The average molecular weight is 513 g/mol. The van der Waals surface area contributed by atoms with Crippen molar-refractivity contribution in [3.63, 3.8) is 0 Å². The van der Waals surface area contributed by atoms with E-state index in [0.29, 0.717) is 32.6 Å². The average Bonchev–Trinajstić information content (AvgIpc) is 2.87. The van der Waals surface area contributed by atoms with Crippen molar-refractivity contribution in [3.05, 3.63) is 61.2 Å². The van der Waals surface area contributed by atoms with E-state index in [-0.39, 0.29) is 30.3 Å². The first kappa shape index (κ1) is 28.9. The molecular formula is C30H44N2O5. The van der Waals surface area contributed by atoms with Crippen molar-refractivity contribution in [2.45, 2.75) is 102 Å². The molecule has 204 valence electrons. The summed E-state index contributed by atoms with van der Waals surface area (Å²) in [6.45, 7) is 14.6. The van der Waals surface area contributed by atoms with Crippen LogP contribution in [0.3, 0.4) is 0 Å². The van der Waals surface area contributed by atoms with Crippen molar-refractivity contribution in [1.29, 1.82) is 0 Å². The number of nitrogens with one attached hydrogen (secondary N) is 1. The van der Waals surface area contributed by atoms with Crippen LogP contribution in [0.1, 0.15) is 71.3 Å². The molecule has 0 bridgehead atoms. The van der Waals surface area contributed by atoms with Crippen LogP contribution in [0.2, 0.25) is 0 Å². The van der Waals surface area contributed by atoms with Gasteiger partial charge in [0.2, 0.25) is 5.91 Å². The van der Waals surface area contributed by atoms with Gasteiger partial charge in [0.1, 0.15) is 5.60 Å². The predicted molar refractivity (Wildman–Crippen MR) is 145 cm³/mol. The lowest BCUT2D eigenvalue weighted by molar-refractivity contribution is -0.122. The number of carbonyl (C=O) groups excluding carboxylic acids is 2. The highest BCUT2D eigenvalue weighted by Gasteiger charge is 2.48. The number of likely N-dealkylation sites (tertiary alicyclic amines) is 1. The minimum atomic E-state index is -0.696. The zero-order valence-corrected chi connectivity index (χ0v) is 22.7. The van der Waals surface area contributed by atoms with E-state index in [9.17, 15) is 9.59 Å². The fraction of sp³-hybridized carbons (Fsp3) is 0.600. The lowest BCUT2D eigenvalue weighted by Crippen LogP contribution is -2.67. The molecule has 2 fully saturated rings. The molecule has 1 aromatic rings. The number of nitrogens with zero attached hydrogens (tertiary/aromatic N) is 1. The molecule has 0 aromatic heterocycles. The van der Waals surface area contributed by atoms with Crippen LogP contribution in [-0.2, 0) is 25.6 Å². The second-order valence-electron chi connectivity index (χ2n) is 11.2. The maximum Gasteiger partial charge on any atom is 0.410 e.